The summed E-state index contributed by atoms with van der Waals surface area (Å²) in [5.74, 6) is 2.82. The molecular formula is C33H54N4O3. The zero-order valence-electron chi connectivity index (χ0n) is 25.8. The lowest BCUT2D eigenvalue weighted by molar-refractivity contribution is -0.117. The fourth-order valence-corrected chi connectivity index (χ4v) is 9.74. The Morgan fingerprint density at radius 1 is 1.00 bits per heavy atom. The van der Waals surface area contributed by atoms with Gasteiger partial charge in [-0.1, -0.05) is 37.4 Å². The maximum Gasteiger partial charge on any atom is 0.436 e. The molecule has 0 aromatic heterocycles. The van der Waals surface area contributed by atoms with Gasteiger partial charge >= 0.3 is 6.09 Å². The van der Waals surface area contributed by atoms with Gasteiger partial charge in [0.1, 0.15) is 0 Å². The van der Waals surface area contributed by atoms with Crippen LogP contribution >= 0.6 is 0 Å². The van der Waals surface area contributed by atoms with Crippen molar-refractivity contribution >= 4 is 17.6 Å². The second kappa shape index (κ2) is 12.2. The monoisotopic (exact) mass is 554 g/mol. The molecule has 0 aliphatic heterocycles. The maximum atomic E-state index is 13.3. The molecule has 1 amide bonds. The van der Waals surface area contributed by atoms with Crippen LogP contribution in [0.2, 0.25) is 0 Å². The maximum absolute atomic E-state index is 13.3. The molecule has 1 N–H and O–H groups in total. The highest BCUT2D eigenvalue weighted by molar-refractivity contribution is 5.91. The smallest absolute Gasteiger partial charge is 0.314 e. The number of likely N-dealkylation sites (N-methyl/N-ethyl adjacent to an activating group) is 1. The third kappa shape index (κ3) is 5.79. The molecule has 0 aromatic carbocycles. The predicted octanol–water partition coefficient (Wildman–Crippen LogP) is 6.04. The van der Waals surface area contributed by atoms with E-state index in [1.54, 1.807) is 0 Å². The molecule has 7 heteroatoms. The number of nitrogens with one attached hydrogen (secondary N) is 1. The summed E-state index contributed by atoms with van der Waals surface area (Å²) >= 11 is 0. The van der Waals surface area contributed by atoms with Gasteiger partial charge in [0.15, 0.2) is 5.78 Å². The van der Waals surface area contributed by atoms with Crippen LogP contribution in [-0.2, 0) is 9.63 Å². The molecule has 0 bridgehead atoms. The molecule has 224 valence electrons. The zero-order chi connectivity index (χ0) is 28.5. The lowest BCUT2D eigenvalue weighted by Gasteiger charge is -2.58. The van der Waals surface area contributed by atoms with Gasteiger partial charge in [-0.15, -0.1) is 0 Å². The van der Waals surface area contributed by atoms with Gasteiger partial charge in [0.2, 0.25) is 0 Å². The molecule has 0 saturated heterocycles. The van der Waals surface area contributed by atoms with Gasteiger partial charge in [0.25, 0.3) is 0 Å². The fourth-order valence-electron chi connectivity index (χ4n) is 9.74. The first kappa shape index (κ1) is 29.8. The molecular weight excluding hydrogens is 500 g/mol. The largest absolute Gasteiger partial charge is 0.436 e. The van der Waals surface area contributed by atoms with Gasteiger partial charge in [-0.3, -0.25) is 9.63 Å². The Morgan fingerprint density at radius 2 is 1.75 bits per heavy atom. The van der Waals surface area contributed by atoms with Crippen LogP contribution in [0.3, 0.4) is 0 Å². The number of nitrogens with zero attached hydrogens (tertiary/aromatic N) is 3. The lowest BCUT2D eigenvalue weighted by Crippen LogP contribution is -2.51. The van der Waals surface area contributed by atoms with Crippen LogP contribution in [-0.4, -0.2) is 73.7 Å². The topological polar surface area (TPSA) is 74.2 Å². The highest BCUT2D eigenvalue weighted by Crippen LogP contribution is 2.66. The molecule has 4 fully saturated rings. The van der Waals surface area contributed by atoms with E-state index in [-0.39, 0.29) is 23.0 Å². The molecule has 5 rings (SSSR count). The average molecular weight is 555 g/mol. The molecule has 0 spiro atoms. The van der Waals surface area contributed by atoms with Gasteiger partial charge < -0.3 is 15.1 Å². The highest BCUT2D eigenvalue weighted by Gasteiger charge is 2.59. The Kier molecular flexibility index (Phi) is 9.11. The van der Waals surface area contributed by atoms with E-state index in [4.69, 9.17) is 4.84 Å². The van der Waals surface area contributed by atoms with E-state index in [1.807, 2.05) is 11.0 Å². The predicted molar refractivity (Wildman–Crippen MR) is 160 cm³/mol. The molecule has 5 aliphatic carbocycles. The second-order valence-corrected chi connectivity index (χ2v) is 14.4. The van der Waals surface area contributed by atoms with Gasteiger partial charge in [0, 0.05) is 44.6 Å². The van der Waals surface area contributed by atoms with E-state index in [0.717, 1.165) is 69.8 Å². The van der Waals surface area contributed by atoms with Crippen LogP contribution in [0.15, 0.2) is 16.8 Å². The van der Waals surface area contributed by atoms with Gasteiger partial charge in [-0.2, -0.15) is 0 Å². The Bertz CT molecular complexity index is 1000. The molecule has 5 aliphatic rings. The number of ketones is 1. The molecule has 0 radical (unpaired) electrons. The molecule has 7 nitrogen and oxygen atoms in total. The van der Waals surface area contributed by atoms with Crippen molar-refractivity contribution in [1.82, 2.24) is 15.1 Å². The molecule has 40 heavy (non-hydrogen) atoms. The van der Waals surface area contributed by atoms with E-state index in [2.05, 4.69) is 50.2 Å². The summed E-state index contributed by atoms with van der Waals surface area (Å²) in [5.41, 5.74) is 2.86. The van der Waals surface area contributed by atoms with Crippen LogP contribution in [0.5, 0.6) is 0 Å². The van der Waals surface area contributed by atoms with E-state index in [1.165, 1.54) is 44.1 Å². The van der Waals surface area contributed by atoms with E-state index < -0.39 is 0 Å². The molecule has 4 saturated carbocycles. The quantitative estimate of drug-likeness (QED) is 0.163. The van der Waals surface area contributed by atoms with E-state index in [9.17, 15) is 9.59 Å². The first-order valence-electron chi connectivity index (χ1n) is 16.2. The van der Waals surface area contributed by atoms with Crippen molar-refractivity contribution in [2.45, 2.75) is 104 Å². The number of carbonyl (C=O) groups excluding carboxylic acids is 2. The first-order chi connectivity index (χ1) is 19.1. The number of allylic oxidation sites excluding steroid dienone is 1. The number of carbonyl (C=O) groups is 2. The highest BCUT2D eigenvalue weighted by atomic mass is 16.7. The van der Waals surface area contributed by atoms with Crippen LogP contribution in [0.1, 0.15) is 97.8 Å². The standard InChI is InChI=1S/C33H54N4O3/c1-23(35-40-31(39)37(25-8-6-7-9-25)21-19-34-18-20-36(4)5)28-12-13-29-27-11-10-24-22-26(38)14-16-32(24,2)30(27)15-17-33(28,29)3/h22,25,27-30,34H,6-21H2,1-5H3/b35-23+/t27-,28+,29-,30-,32-,33+/m0/s1. The number of rotatable bonds is 9. The van der Waals surface area contributed by atoms with Crippen LogP contribution in [0.4, 0.5) is 4.79 Å². The van der Waals surface area contributed by atoms with Crippen molar-refractivity contribution in [1.29, 1.82) is 0 Å². The summed E-state index contributed by atoms with van der Waals surface area (Å²) in [4.78, 5) is 35.3. The molecule has 6 atom stereocenters. The van der Waals surface area contributed by atoms with E-state index >= 15 is 0 Å². The Hall–Kier alpha value is -1.73. The molecule has 0 unspecified atom stereocenters. The summed E-state index contributed by atoms with van der Waals surface area (Å²) in [7, 11) is 4.15. The summed E-state index contributed by atoms with van der Waals surface area (Å²) in [5, 5.41) is 8.01. The number of fused-ring (bicyclic) bond motifs is 5. The molecule has 0 heterocycles. The number of oxime groups is 1. The van der Waals surface area contributed by atoms with Gasteiger partial charge in [0.05, 0.1) is 5.71 Å². The Balaban J connectivity index is 1.22. The minimum atomic E-state index is -0.282. The SMILES string of the molecule is C/C(=N\OC(=O)N(CCNCCN(C)C)C1CCCC1)[C@H]1CC[C@H]2[C@@H]3CCC4=CC(=O)CC[C@]4(C)[C@H]3CC[C@]12C. The summed E-state index contributed by atoms with van der Waals surface area (Å²) in [6.45, 7) is 10.4. The van der Waals surface area contributed by atoms with Crippen LogP contribution in [0, 0.1) is 34.5 Å². The first-order valence-corrected chi connectivity index (χ1v) is 16.2. The van der Waals surface area contributed by atoms with Crippen LogP contribution < -0.4 is 5.32 Å². The van der Waals surface area contributed by atoms with Crippen molar-refractivity contribution in [2.75, 3.05) is 40.3 Å². The summed E-state index contributed by atoms with van der Waals surface area (Å²) < 4.78 is 0. The van der Waals surface area contributed by atoms with Gasteiger partial charge in [-0.05, 0) is 113 Å². The lowest BCUT2D eigenvalue weighted by atomic mass is 9.46. The summed E-state index contributed by atoms with van der Waals surface area (Å²) in [6.07, 6.45) is 15.1. The Morgan fingerprint density at radius 3 is 2.50 bits per heavy atom. The van der Waals surface area contributed by atoms with Crippen molar-refractivity contribution in [3.05, 3.63) is 11.6 Å². The van der Waals surface area contributed by atoms with Crippen molar-refractivity contribution in [3.63, 3.8) is 0 Å². The number of hydrogen-bond donors (Lipinski definition) is 1. The third-order valence-corrected chi connectivity index (χ3v) is 12.0. The summed E-state index contributed by atoms with van der Waals surface area (Å²) in [6, 6.07) is 0.268. The van der Waals surface area contributed by atoms with Crippen molar-refractivity contribution < 1.29 is 14.4 Å². The third-order valence-electron chi connectivity index (χ3n) is 12.0. The Labute approximate surface area is 242 Å². The van der Waals surface area contributed by atoms with E-state index in [0.29, 0.717) is 30.1 Å². The fraction of sp³-hybridized carbons (Fsp3) is 0.848. The number of amides is 1. The minimum absolute atomic E-state index is 0.208. The normalized spacial score (nSPS) is 36.2. The minimum Gasteiger partial charge on any atom is -0.314 e. The second-order valence-electron chi connectivity index (χ2n) is 14.4. The van der Waals surface area contributed by atoms with Crippen molar-refractivity contribution in [3.8, 4) is 0 Å². The molecule has 0 aromatic rings. The van der Waals surface area contributed by atoms with Crippen LogP contribution in [0.25, 0.3) is 0 Å². The number of hydrogen-bond acceptors (Lipinski definition) is 6. The zero-order valence-corrected chi connectivity index (χ0v) is 25.8. The van der Waals surface area contributed by atoms with Gasteiger partial charge in [-0.25, -0.2) is 4.79 Å². The van der Waals surface area contributed by atoms with Crippen molar-refractivity contribution in [2.24, 2.45) is 39.7 Å². The average Bonchev–Trinajstić information content (AvgIpc) is 3.57.